The normalized spacial score (nSPS) is 10.6. The van der Waals surface area contributed by atoms with E-state index >= 15 is 0 Å². The zero-order valence-electron chi connectivity index (χ0n) is 9.48. The monoisotopic (exact) mass is 275 g/mol. The van der Waals surface area contributed by atoms with Crippen LogP contribution in [0.2, 0.25) is 0 Å². The quantitative estimate of drug-likeness (QED) is 0.613. The van der Waals surface area contributed by atoms with E-state index in [0.717, 1.165) is 18.2 Å². The van der Waals surface area contributed by atoms with Crippen LogP contribution in [0.1, 0.15) is 5.56 Å². The van der Waals surface area contributed by atoms with Gasteiger partial charge in [0, 0.05) is 0 Å². The third kappa shape index (κ3) is 2.49. The summed E-state index contributed by atoms with van der Waals surface area (Å²) in [7, 11) is 0. The Bertz CT molecular complexity index is 618. The second-order valence-electron chi connectivity index (χ2n) is 3.66. The van der Waals surface area contributed by atoms with Gasteiger partial charge in [0.2, 0.25) is 17.4 Å². The Balaban J connectivity index is 2.49. The number of pyridine rings is 1. The average Bonchev–Trinajstić information content (AvgIpc) is 2.34. The topological polar surface area (TPSA) is 22.1 Å². The smallest absolute Gasteiger partial charge is 0.255 e. The highest BCUT2D eigenvalue weighted by Gasteiger charge is 2.23. The van der Waals surface area contributed by atoms with Crippen molar-refractivity contribution in [2.24, 2.45) is 0 Å². The minimum atomic E-state index is -1.83. The molecule has 0 bridgehead atoms. The molecule has 2 nitrogen and oxygen atoms in total. The van der Waals surface area contributed by atoms with Crippen molar-refractivity contribution in [1.29, 1.82) is 0 Å². The van der Waals surface area contributed by atoms with Gasteiger partial charge >= 0.3 is 0 Å². The lowest BCUT2D eigenvalue weighted by Crippen LogP contribution is -2.03. The number of benzene rings is 1. The first-order chi connectivity index (χ1) is 8.90. The van der Waals surface area contributed by atoms with E-state index in [4.69, 9.17) is 4.74 Å². The van der Waals surface area contributed by atoms with E-state index in [9.17, 15) is 22.0 Å². The van der Waals surface area contributed by atoms with Gasteiger partial charge in [-0.05, 0) is 30.7 Å². The largest absolute Gasteiger partial charge is 0.451 e. The van der Waals surface area contributed by atoms with E-state index in [1.165, 1.54) is 6.92 Å². The molecule has 0 spiro atoms. The van der Waals surface area contributed by atoms with Gasteiger partial charge < -0.3 is 4.74 Å². The predicted octanol–water partition coefficient (Wildman–Crippen LogP) is 3.88. The third-order valence-electron chi connectivity index (χ3n) is 2.31. The summed E-state index contributed by atoms with van der Waals surface area (Å²) in [5.74, 6) is -9.16. The summed E-state index contributed by atoms with van der Waals surface area (Å²) in [6.45, 7) is 1.40. The van der Waals surface area contributed by atoms with Crippen LogP contribution in [-0.4, -0.2) is 4.98 Å². The number of ether oxygens (including phenoxy) is 1. The first kappa shape index (κ1) is 13.3. The molecule has 0 aliphatic heterocycles. The lowest BCUT2D eigenvalue weighted by molar-refractivity contribution is 0.342. The van der Waals surface area contributed by atoms with Crippen molar-refractivity contribution in [2.75, 3.05) is 0 Å². The molecule has 19 heavy (non-hydrogen) atoms. The van der Waals surface area contributed by atoms with Crippen molar-refractivity contribution in [3.63, 3.8) is 0 Å². The Morgan fingerprint density at radius 1 is 0.947 bits per heavy atom. The second-order valence-corrected chi connectivity index (χ2v) is 3.66. The summed E-state index contributed by atoms with van der Waals surface area (Å²) >= 11 is 0. The Kier molecular flexibility index (Phi) is 3.37. The molecule has 0 saturated carbocycles. The molecule has 0 amide bonds. The summed E-state index contributed by atoms with van der Waals surface area (Å²) in [6.07, 6.45) is 0. The standard InChI is InChI=1S/C12H6F5NO/c1-5-4-6(13)2-3-7(5)19-10-8(14)11(16)18-12(17)9(10)15/h2-4H,1H3. The Morgan fingerprint density at radius 3 is 2.05 bits per heavy atom. The van der Waals surface area contributed by atoms with E-state index in [2.05, 4.69) is 4.98 Å². The summed E-state index contributed by atoms with van der Waals surface area (Å²) in [5, 5.41) is 0. The fourth-order valence-electron chi connectivity index (χ4n) is 1.39. The summed E-state index contributed by atoms with van der Waals surface area (Å²) in [5.41, 5.74) is 0.205. The Labute approximate surface area is 104 Å². The molecule has 0 saturated heterocycles. The van der Waals surface area contributed by atoms with Gasteiger partial charge in [0.05, 0.1) is 0 Å². The van der Waals surface area contributed by atoms with Crippen molar-refractivity contribution in [3.05, 3.63) is 53.1 Å². The van der Waals surface area contributed by atoms with Crippen LogP contribution >= 0.6 is 0 Å². The zero-order chi connectivity index (χ0) is 14.2. The third-order valence-corrected chi connectivity index (χ3v) is 2.31. The summed E-state index contributed by atoms with van der Waals surface area (Å²) < 4.78 is 69.9. The molecule has 7 heteroatoms. The van der Waals surface area contributed by atoms with Crippen LogP contribution < -0.4 is 4.74 Å². The maximum atomic E-state index is 13.3. The molecule has 100 valence electrons. The van der Waals surface area contributed by atoms with E-state index in [1.54, 1.807) is 0 Å². The van der Waals surface area contributed by atoms with Crippen molar-refractivity contribution < 1.29 is 26.7 Å². The minimum absolute atomic E-state index is 0.135. The van der Waals surface area contributed by atoms with Gasteiger partial charge in [0.1, 0.15) is 11.6 Å². The number of halogens is 5. The number of rotatable bonds is 2. The van der Waals surface area contributed by atoms with E-state index < -0.39 is 35.1 Å². The molecule has 1 aromatic heterocycles. The van der Waals surface area contributed by atoms with Crippen molar-refractivity contribution in [3.8, 4) is 11.5 Å². The van der Waals surface area contributed by atoms with Gasteiger partial charge in [-0.3, -0.25) is 0 Å². The van der Waals surface area contributed by atoms with Gasteiger partial charge in [-0.15, -0.1) is 0 Å². The fourth-order valence-corrected chi connectivity index (χ4v) is 1.39. The maximum absolute atomic E-state index is 13.3. The molecule has 0 N–H and O–H groups in total. The molecular weight excluding hydrogens is 269 g/mol. The predicted molar refractivity (Wildman–Crippen MR) is 55.3 cm³/mol. The number of aromatic nitrogens is 1. The number of hydrogen-bond acceptors (Lipinski definition) is 2. The molecule has 0 fully saturated rings. The SMILES string of the molecule is Cc1cc(F)ccc1Oc1c(F)c(F)nc(F)c1F. The van der Waals surface area contributed by atoms with Crippen LogP contribution in [0.4, 0.5) is 22.0 Å². The molecule has 0 aliphatic carbocycles. The lowest BCUT2D eigenvalue weighted by Gasteiger charge is -2.10. The molecule has 0 atom stereocenters. The van der Waals surface area contributed by atoms with Crippen LogP contribution in [0.5, 0.6) is 11.5 Å². The van der Waals surface area contributed by atoms with Gasteiger partial charge in [0.25, 0.3) is 11.9 Å². The zero-order valence-corrected chi connectivity index (χ0v) is 9.48. The summed E-state index contributed by atoms with van der Waals surface area (Å²) in [4.78, 5) is 2.39. The summed E-state index contributed by atoms with van der Waals surface area (Å²) in [6, 6.07) is 3.10. The van der Waals surface area contributed by atoms with Crippen molar-refractivity contribution in [1.82, 2.24) is 4.98 Å². The van der Waals surface area contributed by atoms with Crippen LogP contribution in [0.25, 0.3) is 0 Å². The molecular formula is C12H6F5NO. The Hall–Kier alpha value is -2.18. The highest BCUT2D eigenvalue weighted by molar-refractivity contribution is 5.38. The highest BCUT2D eigenvalue weighted by atomic mass is 19.2. The highest BCUT2D eigenvalue weighted by Crippen LogP contribution is 2.31. The molecule has 0 aliphatic rings. The first-order valence-electron chi connectivity index (χ1n) is 5.04. The minimum Gasteiger partial charge on any atom is -0.451 e. The molecule has 1 heterocycles. The molecule has 0 radical (unpaired) electrons. The van der Waals surface area contributed by atoms with Gasteiger partial charge in [-0.1, -0.05) is 0 Å². The van der Waals surface area contributed by atoms with Gasteiger partial charge in [-0.2, -0.15) is 22.5 Å². The number of nitrogens with zero attached hydrogens (tertiary/aromatic N) is 1. The molecule has 2 rings (SSSR count). The van der Waals surface area contributed by atoms with Crippen LogP contribution in [0.3, 0.4) is 0 Å². The van der Waals surface area contributed by atoms with Crippen LogP contribution in [0, 0.1) is 36.3 Å². The maximum Gasteiger partial charge on any atom is 0.255 e. The van der Waals surface area contributed by atoms with Gasteiger partial charge in [0.15, 0.2) is 0 Å². The number of hydrogen-bond donors (Lipinski definition) is 0. The number of aryl methyl sites for hydroxylation is 1. The van der Waals surface area contributed by atoms with Crippen molar-refractivity contribution in [2.45, 2.75) is 6.92 Å². The molecule has 0 unspecified atom stereocenters. The van der Waals surface area contributed by atoms with Crippen LogP contribution in [-0.2, 0) is 0 Å². The average molecular weight is 275 g/mol. The van der Waals surface area contributed by atoms with E-state index in [1.807, 2.05) is 0 Å². The van der Waals surface area contributed by atoms with E-state index in [-0.39, 0.29) is 11.3 Å². The molecule has 1 aromatic carbocycles. The molecule has 2 aromatic rings. The van der Waals surface area contributed by atoms with Gasteiger partial charge in [-0.25, -0.2) is 4.39 Å². The van der Waals surface area contributed by atoms with Crippen molar-refractivity contribution >= 4 is 0 Å². The lowest BCUT2D eigenvalue weighted by atomic mass is 10.2. The second kappa shape index (κ2) is 4.83. The fraction of sp³-hybridized carbons (Fsp3) is 0.0833. The van der Waals surface area contributed by atoms with Crippen LogP contribution in [0.15, 0.2) is 18.2 Å². The Morgan fingerprint density at radius 2 is 1.53 bits per heavy atom. The first-order valence-corrected chi connectivity index (χ1v) is 5.04. The van der Waals surface area contributed by atoms with E-state index in [0.29, 0.717) is 0 Å².